The molecule has 2 aromatic rings. The average molecular weight is 412 g/mol. The minimum absolute atomic E-state index is 0.0532. The van der Waals surface area contributed by atoms with Gasteiger partial charge in [0, 0.05) is 24.7 Å². The van der Waals surface area contributed by atoms with Crippen molar-refractivity contribution in [1.29, 1.82) is 0 Å². The van der Waals surface area contributed by atoms with Gasteiger partial charge < -0.3 is 25.3 Å². The van der Waals surface area contributed by atoms with E-state index >= 15 is 0 Å². The van der Waals surface area contributed by atoms with Gasteiger partial charge in [0.15, 0.2) is 5.58 Å². The molecule has 8 nitrogen and oxygen atoms in total. The molecule has 0 saturated carbocycles. The summed E-state index contributed by atoms with van der Waals surface area (Å²) in [5.41, 5.74) is 6.77. The average Bonchev–Trinajstić information content (AvgIpc) is 3.35. The summed E-state index contributed by atoms with van der Waals surface area (Å²) in [5, 5.41) is 3.32. The van der Waals surface area contributed by atoms with Gasteiger partial charge in [-0.1, -0.05) is 12.5 Å². The number of rotatable bonds is 4. The molecule has 3 fully saturated rings. The maximum absolute atomic E-state index is 13.2. The number of aromatic nitrogens is 1. The highest BCUT2D eigenvalue weighted by molar-refractivity contribution is 6.04. The second kappa shape index (κ2) is 7.58. The van der Waals surface area contributed by atoms with Crippen LogP contribution in [0.25, 0.3) is 11.1 Å². The molecule has 2 amide bonds. The number of nitrogens with one attached hydrogen (secondary N) is 1. The number of hydrogen-bond donors (Lipinski definition) is 2. The van der Waals surface area contributed by atoms with Crippen LogP contribution in [0.3, 0.4) is 0 Å². The maximum Gasteiger partial charge on any atom is 0.299 e. The smallest absolute Gasteiger partial charge is 0.299 e. The number of primary amides is 1. The minimum Gasteiger partial charge on any atom is -0.423 e. The van der Waals surface area contributed by atoms with Crippen molar-refractivity contribution in [3.8, 4) is 0 Å². The highest BCUT2D eigenvalue weighted by atomic mass is 16.4. The van der Waals surface area contributed by atoms with Crippen LogP contribution in [0.1, 0.15) is 55.3 Å². The van der Waals surface area contributed by atoms with Gasteiger partial charge in [-0.05, 0) is 57.7 Å². The molecule has 0 spiro atoms. The van der Waals surface area contributed by atoms with Gasteiger partial charge in [-0.2, -0.15) is 4.98 Å². The summed E-state index contributed by atoms with van der Waals surface area (Å²) >= 11 is 0. The first kappa shape index (κ1) is 19.4. The van der Waals surface area contributed by atoms with E-state index in [1.807, 2.05) is 4.90 Å². The zero-order valence-electron chi connectivity index (χ0n) is 17.3. The Bertz CT molecular complexity index is 959. The molecule has 4 heterocycles. The summed E-state index contributed by atoms with van der Waals surface area (Å²) in [7, 11) is 2.22. The number of benzene rings is 1. The summed E-state index contributed by atoms with van der Waals surface area (Å²) in [6, 6.07) is 6.60. The van der Waals surface area contributed by atoms with Crippen molar-refractivity contribution >= 4 is 28.9 Å². The standard InChI is InChI=1S/C22H29N5O3/c1-26-14-5-2-6-15(26)12-13(11-14)24-21(29)17-8-4-10-27(17)22-25-19-16(20(23)28)7-3-9-18(19)30-22/h3,7,9,13-15,17H,2,4-6,8,10-12H2,1H3,(H2,23,28)(H,24,29)/t13?,14?,15?,17-/m0/s1. The Hall–Kier alpha value is -2.61. The van der Waals surface area contributed by atoms with Gasteiger partial charge in [-0.25, -0.2) is 0 Å². The van der Waals surface area contributed by atoms with Crippen molar-refractivity contribution in [3.63, 3.8) is 0 Å². The Balaban J connectivity index is 1.33. The predicted octanol–water partition coefficient (Wildman–Crippen LogP) is 2.03. The van der Waals surface area contributed by atoms with Gasteiger partial charge in [-0.15, -0.1) is 0 Å². The molecule has 3 aliphatic rings. The number of nitrogens with zero attached hydrogens (tertiary/aromatic N) is 3. The zero-order valence-corrected chi connectivity index (χ0v) is 17.3. The summed E-state index contributed by atoms with van der Waals surface area (Å²) < 4.78 is 5.91. The molecule has 0 aliphatic carbocycles. The van der Waals surface area contributed by atoms with E-state index in [2.05, 4.69) is 22.2 Å². The molecule has 5 rings (SSSR count). The van der Waals surface area contributed by atoms with Crippen molar-refractivity contribution in [2.75, 3.05) is 18.5 Å². The van der Waals surface area contributed by atoms with Crippen LogP contribution in [0.4, 0.5) is 6.01 Å². The lowest BCUT2D eigenvalue weighted by Crippen LogP contribution is -2.57. The van der Waals surface area contributed by atoms with Crippen LogP contribution < -0.4 is 16.0 Å². The normalized spacial score (nSPS) is 29.3. The number of hydrogen-bond acceptors (Lipinski definition) is 6. The third-order valence-corrected chi connectivity index (χ3v) is 7.16. The number of carbonyl (C=O) groups excluding carboxylic acids is 2. The largest absolute Gasteiger partial charge is 0.423 e. The number of fused-ring (bicyclic) bond motifs is 3. The molecule has 3 atom stereocenters. The maximum atomic E-state index is 13.2. The van der Waals surface area contributed by atoms with Crippen molar-refractivity contribution in [2.45, 2.75) is 69.1 Å². The molecule has 1 aromatic heterocycles. The molecule has 3 saturated heterocycles. The van der Waals surface area contributed by atoms with E-state index in [4.69, 9.17) is 10.2 Å². The minimum atomic E-state index is -0.538. The fraction of sp³-hybridized carbons (Fsp3) is 0.591. The van der Waals surface area contributed by atoms with E-state index < -0.39 is 5.91 Å². The van der Waals surface area contributed by atoms with Crippen LogP contribution in [-0.4, -0.2) is 59.5 Å². The van der Waals surface area contributed by atoms with E-state index in [0.29, 0.717) is 41.3 Å². The first-order chi connectivity index (χ1) is 14.5. The number of oxazole rings is 1. The highest BCUT2D eigenvalue weighted by Crippen LogP contribution is 2.34. The lowest BCUT2D eigenvalue weighted by Gasteiger charge is -2.47. The van der Waals surface area contributed by atoms with Crippen molar-refractivity contribution in [3.05, 3.63) is 23.8 Å². The van der Waals surface area contributed by atoms with E-state index in [-0.39, 0.29) is 18.0 Å². The first-order valence-electron chi connectivity index (χ1n) is 11.0. The predicted molar refractivity (Wildman–Crippen MR) is 113 cm³/mol. The van der Waals surface area contributed by atoms with E-state index in [1.54, 1.807) is 18.2 Å². The topological polar surface area (TPSA) is 105 Å². The molecule has 3 aliphatic heterocycles. The number of anilines is 1. The van der Waals surface area contributed by atoms with Gasteiger partial charge in [0.1, 0.15) is 11.6 Å². The van der Waals surface area contributed by atoms with Crippen LogP contribution in [0.5, 0.6) is 0 Å². The van der Waals surface area contributed by atoms with E-state index in [1.165, 1.54) is 19.3 Å². The number of piperidine rings is 2. The quantitative estimate of drug-likeness (QED) is 0.798. The fourth-order valence-corrected chi connectivity index (χ4v) is 5.56. The third-order valence-electron chi connectivity index (χ3n) is 7.16. The van der Waals surface area contributed by atoms with E-state index in [0.717, 1.165) is 25.7 Å². The SMILES string of the molecule is CN1C2CCCC1CC(NC(=O)[C@@H]1CCCN1c1nc3c(C(N)=O)cccc3o1)C2. The number of amides is 2. The lowest BCUT2D eigenvalue weighted by atomic mass is 9.82. The van der Waals surface area contributed by atoms with Crippen molar-refractivity contribution < 1.29 is 14.0 Å². The van der Waals surface area contributed by atoms with Gasteiger partial charge in [0.25, 0.3) is 11.9 Å². The van der Waals surface area contributed by atoms with Crippen LogP contribution in [-0.2, 0) is 4.79 Å². The van der Waals surface area contributed by atoms with Gasteiger partial charge in [0.05, 0.1) is 5.56 Å². The fourth-order valence-electron chi connectivity index (χ4n) is 5.56. The highest BCUT2D eigenvalue weighted by Gasteiger charge is 2.39. The number of nitrogens with two attached hydrogens (primary N) is 1. The summed E-state index contributed by atoms with van der Waals surface area (Å²) in [4.78, 5) is 33.8. The van der Waals surface area contributed by atoms with Crippen molar-refractivity contribution in [1.82, 2.24) is 15.2 Å². The van der Waals surface area contributed by atoms with Gasteiger partial charge in [-0.3, -0.25) is 9.59 Å². The molecule has 2 unspecified atom stereocenters. The summed E-state index contributed by atoms with van der Waals surface area (Å²) in [5.74, 6) is -0.485. The molecule has 3 N–H and O–H groups in total. The summed E-state index contributed by atoms with van der Waals surface area (Å²) in [6.45, 7) is 0.704. The lowest BCUT2D eigenvalue weighted by molar-refractivity contribution is -0.123. The van der Waals surface area contributed by atoms with Crippen LogP contribution >= 0.6 is 0 Å². The molecule has 1 aromatic carbocycles. The first-order valence-corrected chi connectivity index (χ1v) is 11.0. The van der Waals surface area contributed by atoms with Crippen LogP contribution in [0.2, 0.25) is 0 Å². The van der Waals surface area contributed by atoms with Gasteiger partial charge >= 0.3 is 0 Å². The molecule has 160 valence electrons. The third kappa shape index (κ3) is 3.33. The number of para-hydroxylation sites is 1. The molecule has 0 radical (unpaired) electrons. The molecular formula is C22H29N5O3. The Morgan fingerprint density at radius 3 is 2.67 bits per heavy atom. The molecular weight excluding hydrogens is 382 g/mol. The van der Waals surface area contributed by atoms with Crippen molar-refractivity contribution in [2.24, 2.45) is 5.73 Å². The molecule has 30 heavy (non-hydrogen) atoms. The van der Waals surface area contributed by atoms with Crippen LogP contribution in [0, 0.1) is 0 Å². The Labute approximate surface area is 175 Å². The van der Waals surface area contributed by atoms with E-state index in [9.17, 15) is 9.59 Å². The monoisotopic (exact) mass is 411 g/mol. The molecule has 2 bridgehead atoms. The van der Waals surface area contributed by atoms with Crippen LogP contribution in [0.15, 0.2) is 22.6 Å². The Morgan fingerprint density at radius 1 is 1.17 bits per heavy atom. The summed E-state index contributed by atoms with van der Waals surface area (Å²) in [6.07, 6.45) is 7.46. The number of carbonyl (C=O) groups is 2. The second-order valence-electron chi connectivity index (χ2n) is 8.95. The zero-order chi connectivity index (χ0) is 20.8. The van der Waals surface area contributed by atoms with Gasteiger partial charge in [0.2, 0.25) is 5.91 Å². The Morgan fingerprint density at radius 2 is 1.93 bits per heavy atom. The molecule has 8 heteroatoms. The Kier molecular flexibility index (Phi) is 4.89. The second-order valence-corrected chi connectivity index (χ2v) is 8.95.